The van der Waals surface area contributed by atoms with Crippen LogP contribution in [0.5, 0.6) is 5.75 Å². The molecule has 0 saturated heterocycles. The lowest BCUT2D eigenvalue weighted by atomic mass is 10.2. The number of carbonyl (C=O) groups excluding carboxylic acids is 1. The highest BCUT2D eigenvalue weighted by atomic mass is 32.1. The van der Waals surface area contributed by atoms with Crippen LogP contribution in [0.3, 0.4) is 0 Å². The maximum Gasteiger partial charge on any atom is 0.325 e. The van der Waals surface area contributed by atoms with Crippen LogP contribution in [-0.4, -0.2) is 16.1 Å². The monoisotopic (exact) mass is 291 g/mol. The predicted molar refractivity (Wildman–Crippen MR) is 80.8 cm³/mol. The molecule has 0 bridgehead atoms. The van der Waals surface area contributed by atoms with Gasteiger partial charge >= 0.3 is 6.03 Å². The van der Waals surface area contributed by atoms with E-state index in [0.717, 1.165) is 10.4 Å². The number of rotatable bonds is 3. The first kappa shape index (κ1) is 14.3. The van der Waals surface area contributed by atoms with E-state index >= 15 is 0 Å². The Balaban J connectivity index is 2.44. The molecule has 0 fully saturated rings. The second-order valence-corrected chi connectivity index (χ2v) is 5.89. The third-order valence-electron chi connectivity index (χ3n) is 2.94. The van der Waals surface area contributed by atoms with E-state index < -0.39 is 6.03 Å². The Labute approximate surface area is 121 Å². The molecule has 1 heterocycles. The SMILES string of the molecule is Cc1ccc(N(C(N)=O)c2ncc(C(C)C)s2)cc1O. The van der Waals surface area contributed by atoms with Gasteiger partial charge in [0.25, 0.3) is 0 Å². The summed E-state index contributed by atoms with van der Waals surface area (Å²) in [5, 5.41) is 10.3. The summed E-state index contributed by atoms with van der Waals surface area (Å²) in [4.78, 5) is 18.3. The molecule has 20 heavy (non-hydrogen) atoms. The Morgan fingerprint density at radius 1 is 1.45 bits per heavy atom. The lowest BCUT2D eigenvalue weighted by Crippen LogP contribution is -2.31. The van der Waals surface area contributed by atoms with E-state index in [1.54, 1.807) is 25.3 Å². The number of carbonyl (C=O) groups is 1. The number of aryl methyl sites for hydroxylation is 1. The fraction of sp³-hybridized carbons (Fsp3) is 0.286. The molecule has 2 rings (SSSR count). The lowest BCUT2D eigenvalue weighted by Gasteiger charge is -2.18. The average Bonchev–Trinajstić information content (AvgIpc) is 2.83. The summed E-state index contributed by atoms with van der Waals surface area (Å²) in [5.74, 6) is 0.455. The van der Waals surface area contributed by atoms with Crippen LogP contribution in [0.15, 0.2) is 24.4 Å². The normalized spacial score (nSPS) is 10.8. The number of nitrogens with zero attached hydrogens (tertiary/aromatic N) is 2. The number of urea groups is 1. The standard InChI is InChI=1S/C14H17N3O2S/c1-8(2)12-7-16-14(20-12)17(13(15)19)10-5-4-9(3)11(18)6-10/h4-8,18H,1-3H3,(H2,15,19). The van der Waals surface area contributed by atoms with Crippen molar-refractivity contribution in [2.24, 2.45) is 5.73 Å². The molecular weight excluding hydrogens is 274 g/mol. The first-order valence-corrected chi connectivity index (χ1v) is 7.06. The van der Waals surface area contributed by atoms with Crippen molar-refractivity contribution in [3.8, 4) is 5.75 Å². The number of aromatic hydroxyl groups is 1. The number of aromatic nitrogens is 1. The highest BCUT2D eigenvalue weighted by Crippen LogP contribution is 2.34. The van der Waals surface area contributed by atoms with Crippen LogP contribution >= 0.6 is 11.3 Å². The highest BCUT2D eigenvalue weighted by Gasteiger charge is 2.20. The Kier molecular flexibility index (Phi) is 3.94. The van der Waals surface area contributed by atoms with Gasteiger partial charge in [-0.05, 0) is 24.5 Å². The molecule has 0 aliphatic heterocycles. The minimum atomic E-state index is -0.627. The number of phenols is 1. The number of phenolic OH excluding ortho intramolecular Hbond substituents is 1. The van der Waals surface area contributed by atoms with Crippen LogP contribution in [0.25, 0.3) is 0 Å². The van der Waals surface area contributed by atoms with Crippen molar-refractivity contribution in [2.75, 3.05) is 4.90 Å². The first-order valence-electron chi connectivity index (χ1n) is 6.25. The van der Waals surface area contributed by atoms with Crippen LogP contribution in [0, 0.1) is 6.92 Å². The summed E-state index contributed by atoms with van der Waals surface area (Å²) in [6.45, 7) is 5.90. The molecule has 3 N–H and O–H groups in total. The molecule has 0 aliphatic rings. The summed E-state index contributed by atoms with van der Waals surface area (Å²) in [5.41, 5.74) is 6.69. The number of hydrogen-bond donors (Lipinski definition) is 2. The zero-order valence-electron chi connectivity index (χ0n) is 11.6. The second kappa shape index (κ2) is 5.50. The molecule has 0 saturated carbocycles. The van der Waals surface area contributed by atoms with Crippen molar-refractivity contribution in [3.63, 3.8) is 0 Å². The summed E-state index contributed by atoms with van der Waals surface area (Å²) in [7, 11) is 0. The van der Waals surface area contributed by atoms with Gasteiger partial charge in [-0.1, -0.05) is 19.9 Å². The third-order valence-corrected chi connectivity index (χ3v) is 4.23. The van der Waals surface area contributed by atoms with E-state index in [2.05, 4.69) is 18.8 Å². The first-order chi connectivity index (χ1) is 9.40. The fourth-order valence-electron chi connectivity index (χ4n) is 1.72. The molecule has 0 radical (unpaired) electrons. The fourth-order valence-corrected chi connectivity index (χ4v) is 2.66. The number of benzene rings is 1. The molecule has 6 heteroatoms. The topological polar surface area (TPSA) is 79.5 Å². The van der Waals surface area contributed by atoms with Crippen LogP contribution in [0.1, 0.15) is 30.2 Å². The molecule has 0 spiro atoms. The van der Waals surface area contributed by atoms with Crippen molar-refractivity contribution in [3.05, 3.63) is 34.8 Å². The van der Waals surface area contributed by atoms with Crippen LogP contribution in [0.2, 0.25) is 0 Å². The summed E-state index contributed by atoms with van der Waals surface area (Å²) in [6.07, 6.45) is 1.74. The summed E-state index contributed by atoms with van der Waals surface area (Å²) < 4.78 is 0. The Morgan fingerprint density at radius 2 is 2.15 bits per heavy atom. The van der Waals surface area contributed by atoms with Gasteiger partial charge in [0.15, 0.2) is 5.13 Å². The maximum absolute atomic E-state index is 11.7. The molecule has 2 aromatic rings. The van der Waals surface area contributed by atoms with Crippen LogP contribution < -0.4 is 10.6 Å². The van der Waals surface area contributed by atoms with Gasteiger partial charge < -0.3 is 10.8 Å². The van der Waals surface area contributed by atoms with Gasteiger partial charge in [0, 0.05) is 17.1 Å². The molecule has 0 aliphatic carbocycles. The summed E-state index contributed by atoms with van der Waals surface area (Å²) >= 11 is 1.41. The largest absolute Gasteiger partial charge is 0.508 e. The number of thiazole rings is 1. The predicted octanol–water partition coefficient (Wildman–Crippen LogP) is 3.50. The highest BCUT2D eigenvalue weighted by molar-refractivity contribution is 7.15. The summed E-state index contributed by atoms with van der Waals surface area (Å²) in [6, 6.07) is 4.35. The number of anilines is 2. The van der Waals surface area contributed by atoms with E-state index in [1.807, 2.05) is 0 Å². The average molecular weight is 291 g/mol. The van der Waals surface area contributed by atoms with Crippen molar-refractivity contribution in [1.82, 2.24) is 4.98 Å². The third kappa shape index (κ3) is 2.75. The van der Waals surface area contributed by atoms with Gasteiger partial charge in [0.05, 0.1) is 5.69 Å². The van der Waals surface area contributed by atoms with E-state index in [4.69, 9.17) is 5.73 Å². The van der Waals surface area contributed by atoms with Gasteiger partial charge in [0.2, 0.25) is 0 Å². The minimum Gasteiger partial charge on any atom is -0.508 e. The number of amides is 2. The van der Waals surface area contributed by atoms with Crippen LogP contribution in [-0.2, 0) is 0 Å². The zero-order chi connectivity index (χ0) is 14.9. The molecule has 0 atom stereocenters. The minimum absolute atomic E-state index is 0.120. The number of hydrogen-bond acceptors (Lipinski definition) is 4. The van der Waals surface area contributed by atoms with Gasteiger partial charge in [-0.3, -0.25) is 0 Å². The lowest BCUT2D eigenvalue weighted by molar-refractivity contribution is 0.256. The van der Waals surface area contributed by atoms with E-state index in [0.29, 0.717) is 16.7 Å². The zero-order valence-corrected chi connectivity index (χ0v) is 12.4. The molecular formula is C14H17N3O2S. The molecule has 0 unspecified atom stereocenters. The Morgan fingerprint density at radius 3 is 2.65 bits per heavy atom. The smallest absolute Gasteiger partial charge is 0.325 e. The van der Waals surface area contributed by atoms with Crippen molar-refractivity contribution in [2.45, 2.75) is 26.7 Å². The van der Waals surface area contributed by atoms with Gasteiger partial charge in [-0.2, -0.15) is 0 Å². The molecule has 1 aromatic heterocycles. The molecule has 5 nitrogen and oxygen atoms in total. The van der Waals surface area contributed by atoms with Crippen molar-refractivity contribution < 1.29 is 9.90 Å². The Hall–Kier alpha value is -2.08. The number of primary amides is 1. The quantitative estimate of drug-likeness (QED) is 0.908. The maximum atomic E-state index is 11.7. The molecule has 2 amide bonds. The number of nitrogens with two attached hydrogens (primary N) is 1. The molecule has 1 aromatic carbocycles. The van der Waals surface area contributed by atoms with E-state index in [-0.39, 0.29) is 5.75 Å². The van der Waals surface area contributed by atoms with E-state index in [9.17, 15) is 9.90 Å². The van der Waals surface area contributed by atoms with Crippen molar-refractivity contribution in [1.29, 1.82) is 0 Å². The van der Waals surface area contributed by atoms with Gasteiger partial charge in [-0.25, -0.2) is 14.7 Å². The molecule has 106 valence electrons. The Bertz CT molecular complexity index is 637. The van der Waals surface area contributed by atoms with Gasteiger partial charge in [-0.15, -0.1) is 11.3 Å². The van der Waals surface area contributed by atoms with E-state index in [1.165, 1.54) is 22.3 Å². The van der Waals surface area contributed by atoms with Crippen LogP contribution in [0.4, 0.5) is 15.6 Å². The second-order valence-electron chi connectivity index (χ2n) is 4.84. The van der Waals surface area contributed by atoms with Gasteiger partial charge in [0.1, 0.15) is 5.75 Å². The van der Waals surface area contributed by atoms with Crippen molar-refractivity contribution >= 4 is 28.2 Å².